The first-order chi connectivity index (χ1) is 12.3. The topological polar surface area (TPSA) is 55.3 Å². The lowest BCUT2D eigenvalue weighted by molar-refractivity contribution is -0.132. The van der Waals surface area contributed by atoms with Crippen LogP contribution in [0, 0.1) is 0 Å². The van der Waals surface area contributed by atoms with E-state index in [-0.39, 0.29) is 5.91 Å². The largest absolute Gasteiger partial charge is 0.378 e. The van der Waals surface area contributed by atoms with E-state index >= 15 is 0 Å². The number of hydrogen-bond acceptors (Lipinski definition) is 6. The van der Waals surface area contributed by atoms with Crippen molar-refractivity contribution >= 4 is 39.9 Å². The monoisotopic (exact) mass is 371 g/mol. The van der Waals surface area contributed by atoms with Gasteiger partial charge in [-0.3, -0.25) is 4.79 Å². The van der Waals surface area contributed by atoms with Crippen LogP contribution in [-0.2, 0) is 9.53 Å². The van der Waals surface area contributed by atoms with Crippen LogP contribution in [0.4, 0.5) is 0 Å². The van der Waals surface area contributed by atoms with Gasteiger partial charge >= 0.3 is 0 Å². The molecular formula is C18H17N3O2S2. The Morgan fingerprint density at radius 2 is 2.00 bits per heavy atom. The molecule has 128 valence electrons. The summed E-state index contributed by atoms with van der Waals surface area (Å²) in [6, 6.07) is 12.0. The van der Waals surface area contributed by atoms with Crippen molar-refractivity contribution in [2.45, 2.75) is 5.03 Å². The first-order valence-electron chi connectivity index (χ1n) is 8.10. The summed E-state index contributed by atoms with van der Waals surface area (Å²) in [6.07, 6.45) is 0. The molecule has 0 atom stereocenters. The standard InChI is InChI=1S/C18H17N3O2S2/c22-16(21-7-9-23-10-8-21)12-25-18-13-4-1-2-5-14(13)19-17(20-18)15-6-3-11-24-15/h1-6,11H,7-10,12H2. The lowest BCUT2D eigenvalue weighted by atomic mass is 10.2. The molecule has 0 unspecified atom stereocenters. The number of amides is 1. The molecule has 0 N–H and O–H groups in total. The molecule has 0 radical (unpaired) electrons. The molecular weight excluding hydrogens is 354 g/mol. The van der Waals surface area contributed by atoms with Crippen LogP contribution in [0.3, 0.4) is 0 Å². The van der Waals surface area contributed by atoms with Crippen LogP contribution in [-0.4, -0.2) is 52.8 Å². The van der Waals surface area contributed by atoms with Crippen LogP contribution in [0.1, 0.15) is 0 Å². The van der Waals surface area contributed by atoms with E-state index in [4.69, 9.17) is 9.72 Å². The number of ether oxygens (including phenoxy) is 1. The van der Waals surface area contributed by atoms with Gasteiger partial charge in [0.1, 0.15) is 5.03 Å². The van der Waals surface area contributed by atoms with Crippen LogP contribution in [0.2, 0.25) is 0 Å². The molecule has 1 aliphatic heterocycles. The van der Waals surface area contributed by atoms with Crippen LogP contribution < -0.4 is 0 Å². The summed E-state index contributed by atoms with van der Waals surface area (Å²) >= 11 is 3.10. The number of carbonyl (C=O) groups is 1. The molecule has 0 aliphatic carbocycles. The maximum atomic E-state index is 12.4. The van der Waals surface area contributed by atoms with Crippen molar-refractivity contribution < 1.29 is 9.53 Å². The molecule has 7 heteroatoms. The van der Waals surface area contributed by atoms with Gasteiger partial charge in [-0.05, 0) is 17.5 Å². The number of fused-ring (bicyclic) bond motifs is 1. The number of benzene rings is 1. The smallest absolute Gasteiger partial charge is 0.233 e. The lowest BCUT2D eigenvalue weighted by Gasteiger charge is -2.26. The molecule has 1 aliphatic rings. The Hall–Kier alpha value is -1.96. The third-order valence-corrected chi connectivity index (χ3v) is 5.85. The van der Waals surface area contributed by atoms with Gasteiger partial charge in [-0.15, -0.1) is 11.3 Å². The molecule has 1 amide bonds. The van der Waals surface area contributed by atoms with Crippen molar-refractivity contribution in [1.29, 1.82) is 0 Å². The summed E-state index contributed by atoms with van der Waals surface area (Å²) in [7, 11) is 0. The zero-order valence-corrected chi connectivity index (χ0v) is 15.2. The second-order valence-electron chi connectivity index (χ2n) is 5.63. The first-order valence-corrected chi connectivity index (χ1v) is 9.97. The molecule has 1 aromatic carbocycles. The van der Waals surface area contributed by atoms with Crippen LogP contribution >= 0.6 is 23.1 Å². The number of nitrogens with zero attached hydrogens (tertiary/aromatic N) is 3. The van der Waals surface area contributed by atoms with Gasteiger partial charge in [0.15, 0.2) is 5.82 Å². The van der Waals surface area contributed by atoms with Gasteiger partial charge in [-0.2, -0.15) is 0 Å². The van der Waals surface area contributed by atoms with Gasteiger partial charge in [0.2, 0.25) is 5.91 Å². The maximum Gasteiger partial charge on any atom is 0.233 e. The Bertz CT molecular complexity index is 877. The average Bonchev–Trinajstić information content (AvgIpc) is 3.21. The number of morpholine rings is 1. The number of para-hydroxylation sites is 1. The Balaban J connectivity index is 1.60. The molecule has 5 nitrogen and oxygen atoms in total. The van der Waals surface area contributed by atoms with E-state index in [1.807, 2.05) is 46.7 Å². The highest BCUT2D eigenvalue weighted by Crippen LogP contribution is 2.30. The van der Waals surface area contributed by atoms with Crippen molar-refractivity contribution in [2.75, 3.05) is 32.1 Å². The minimum Gasteiger partial charge on any atom is -0.378 e. The highest BCUT2D eigenvalue weighted by Gasteiger charge is 2.18. The van der Waals surface area contributed by atoms with Crippen molar-refractivity contribution in [3.05, 3.63) is 41.8 Å². The van der Waals surface area contributed by atoms with Gasteiger partial charge in [-0.25, -0.2) is 9.97 Å². The minimum atomic E-state index is 0.133. The number of thiophene rings is 1. The normalized spacial score (nSPS) is 14.8. The van der Waals surface area contributed by atoms with Gasteiger partial charge in [0.25, 0.3) is 0 Å². The summed E-state index contributed by atoms with van der Waals surface area (Å²) in [5.41, 5.74) is 0.905. The van der Waals surface area contributed by atoms with E-state index < -0.39 is 0 Å². The Morgan fingerprint density at radius 3 is 2.80 bits per heavy atom. The number of thioether (sulfide) groups is 1. The van der Waals surface area contributed by atoms with E-state index in [9.17, 15) is 4.79 Å². The second kappa shape index (κ2) is 7.51. The molecule has 0 saturated carbocycles. The predicted octanol–water partition coefficient (Wildman–Crippen LogP) is 3.31. The highest BCUT2D eigenvalue weighted by molar-refractivity contribution is 8.00. The third-order valence-electron chi connectivity index (χ3n) is 4.01. The molecule has 1 fully saturated rings. The number of rotatable bonds is 4. The fourth-order valence-corrected chi connectivity index (χ4v) is 4.29. The molecule has 3 heterocycles. The lowest BCUT2D eigenvalue weighted by Crippen LogP contribution is -2.41. The summed E-state index contributed by atoms with van der Waals surface area (Å²) in [6.45, 7) is 2.58. The quantitative estimate of drug-likeness (QED) is 0.520. The fraction of sp³-hybridized carbons (Fsp3) is 0.278. The predicted molar refractivity (Wildman–Crippen MR) is 101 cm³/mol. The molecule has 3 aromatic rings. The van der Waals surface area contributed by atoms with E-state index in [0.717, 1.165) is 26.6 Å². The van der Waals surface area contributed by atoms with E-state index in [1.165, 1.54) is 11.8 Å². The summed E-state index contributed by atoms with van der Waals surface area (Å²) < 4.78 is 5.31. The number of carbonyl (C=O) groups excluding carboxylic acids is 1. The van der Waals surface area contributed by atoms with Crippen molar-refractivity contribution in [1.82, 2.24) is 14.9 Å². The molecule has 1 saturated heterocycles. The van der Waals surface area contributed by atoms with Gasteiger partial charge in [0.05, 0.1) is 29.4 Å². The van der Waals surface area contributed by atoms with E-state index in [1.54, 1.807) is 11.3 Å². The van der Waals surface area contributed by atoms with Crippen molar-refractivity contribution in [2.24, 2.45) is 0 Å². The SMILES string of the molecule is O=C(CSc1nc(-c2cccs2)nc2ccccc12)N1CCOCC1. The molecule has 25 heavy (non-hydrogen) atoms. The first kappa shape index (κ1) is 16.5. The molecule has 2 aromatic heterocycles. The van der Waals surface area contributed by atoms with E-state index in [2.05, 4.69) is 4.98 Å². The van der Waals surface area contributed by atoms with E-state index in [0.29, 0.717) is 32.1 Å². The van der Waals surface area contributed by atoms with Crippen LogP contribution in [0.15, 0.2) is 46.8 Å². The minimum absolute atomic E-state index is 0.133. The van der Waals surface area contributed by atoms with Gasteiger partial charge in [0, 0.05) is 18.5 Å². The Labute approximate surface area is 154 Å². The zero-order valence-electron chi connectivity index (χ0n) is 13.6. The van der Waals surface area contributed by atoms with Crippen LogP contribution in [0.5, 0.6) is 0 Å². The summed E-state index contributed by atoms with van der Waals surface area (Å²) in [5, 5.41) is 3.86. The Kier molecular flexibility index (Phi) is 4.96. The number of hydrogen-bond donors (Lipinski definition) is 0. The molecule has 0 spiro atoms. The molecule has 4 rings (SSSR count). The van der Waals surface area contributed by atoms with Gasteiger partial charge < -0.3 is 9.64 Å². The summed E-state index contributed by atoms with van der Waals surface area (Å²) in [4.78, 5) is 24.7. The van der Waals surface area contributed by atoms with Crippen molar-refractivity contribution in [3.8, 4) is 10.7 Å². The highest BCUT2D eigenvalue weighted by atomic mass is 32.2. The average molecular weight is 371 g/mol. The van der Waals surface area contributed by atoms with Crippen molar-refractivity contribution in [3.63, 3.8) is 0 Å². The zero-order chi connectivity index (χ0) is 17.1. The third kappa shape index (κ3) is 3.68. The Morgan fingerprint density at radius 1 is 1.16 bits per heavy atom. The maximum absolute atomic E-state index is 12.4. The summed E-state index contributed by atoms with van der Waals surface area (Å²) in [5.74, 6) is 1.23. The number of aromatic nitrogens is 2. The van der Waals surface area contributed by atoms with Gasteiger partial charge in [-0.1, -0.05) is 36.0 Å². The second-order valence-corrected chi connectivity index (χ2v) is 7.54. The fourth-order valence-electron chi connectivity index (χ4n) is 2.71. The van der Waals surface area contributed by atoms with Crippen LogP contribution in [0.25, 0.3) is 21.6 Å². The molecule has 0 bridgehead atoms.